The number of hydrogen-bond donors (Lipinski definition) is 0. The van der Waals surface area contributed by atoms with Crippen molar-refractivity contribution < 1.29 is 12.8 Å². The van der Waals surface area contributed by atoms with Crippen LogP contribution < -0.4 is 0 Å². The van der Waals surface area contributed by atoms with E-state index in [0.717, 1.165) is 0 Å². The number of rotatable bonds is 2. The highest BCUT2D eigenvalue weighted by Gasteiger charge is 2.32. The van der Waals surface area contributed by atoms with E-state index in [2.05, 4.69) is 0 Å². The Labute approximate surface area is 70.8 Å². The molecule has 1 fully saturated rings. The van der Waals surface area contributed by atoms with Gasteiger partial charge in [0, 0.05) is 6.54 Å². The molecule has 0 bridgehead atoms. The maximum Gasteiger partial charge on any atom is 0.215 e. The Bertz CT molecular complexity index is 354. The summed E-state index contributed by atoms with van der Waals surface area (Å²) in [5.74, 6) is 0.964. The first-order valence-corrected chi connectivity index (χ1v) is 5.29. The van der Waals surface area contributed by atoms with E-state index in [1.165, 1.54) is 4.31 Å². The highest BCUT2D eigenvalue weighted by Crippen LogP contribution is 2.17. The van der Waals surface area contributed by atoms with E-state index in [0.29, 0.717) is 18.8 Å². The highest BCUT2D eigenvalue weighted by molar-refractivity contribution is 7.90. The van der Waals surface area contributed by atoms with Gasteiger partial charge in [-0.15, -0.1) is 0 Å². The lowest BCUT2D eigenvalue weighted by molar-refractivity contribution is 0.343. The molecule has 1 aliphatic heterocycles. The fourth-order valence-corrected chi connectivity index (χ4v) is 2.19. The van der Waals surface area contributed by atoms with E-state index in [-0.39, 0.29) is 5.75 Å². The maximum absolute atomic E-state index is 11.0. The normalized spacial score (nSPS) is 22.0. The standard InChI is InChI=1S/C7H9NO3S/c9-12(10)5-3-8(12)6-7-2-1-4-11-7/h1-2,4H,3,5-6H2. The number of hydrogen-bond acceptors (Lipinski definition) is 3. The first-order valence-electron chi connectivity index (χ1n) is 3.69. The van der Waals surface area contributed by atoms with E-state index in [1.807, 2.05) is 0 Å². The third kappa shape index (κ3) is 1.25. The summed E-state index contributed by atoms with van der Waals surface area (Å²) in [5, 5.41) is 0. The molecule has 66 valence electrons. The summed E-state index contributed by atoms with van der Waals surface area (Å²) < 4.78 is 28.5. The number of sulfonamides is 1. The van der Waals surface area contributed by atoms with Crippen molar-refractivity contribution in [2.24, 2.45) is 0 Å². The molecule has 1 saturated heterocycles. The zero-order valence-electron chi connectivity index (χ0n) is 6.43. The molecule has 0 spiro atoms. The number of nitrogens with zero attached hydrogens (tertiary/aromatic N) is 1. The van der Waals surface area contributed by atoms with Crippen LogP contribution in [0.15, 0.2) is 22.8 Å². The van der Waals surface area contributed by atoms with Crippen molar-refractivity contribution in [3.63, 3.8) is 0 Å². The molecule has 0 N–H and O–H groups in total. The molecule has 0 amide bonds. The first kappa shape index (κ1) is 7.82. The molecule has 2 heterocycles. The fraction of sp³-hybridized carbons (Fsp3) is 0.429. The molecule has 0 unspecified atom stereocenters. The Morgan fingerprint density at radius 2 is 2.42 bits per heavy atom. The summed E-state index contributed by atoms with van der Waals surface area (Å²) in [6, 6.07) is 3.52. The lowest BCUT2D eigenvalue weighted by atomic mass is 10.4. The maximum atomic E-state index is 11.0. The van der Waals surface area contributed by atoms with E-state index >= 15 is 0 Å². The van der Waals surface area contributed by atoms with Gasteiger partial charge in [0.15, 0.2) is 0 Å². The van der Waals surface area contributed by atoms with Crippen LogP contribution in [-0.2, 0) is 16.6 Å². The van der Waals surface area contributed by atoms with Crippen LogP contribution in [0.1, 0.15) is 5.76 Å². The van der Waals surface area contributed by atoms with Crippen LogP contribution in [0.2, 0.25) is 0 Å². The molecule has 0 radical (unpaired) electrons. The zero-order chi connectivity index (χ0) is 8.60. The predicted octanol–water partition coefficient (Wildman–Crippen LogP) is 0.425. The minimum absolute atomic E-state index is 0.272. The van der Waals surface area contributed by atoms with Gasteiger partial charge in [-0.3, -0.25) is 0 Å². The van der Waals surface area contributed by atoms with E-state index in [9.17, 15) is 8.42 Å². The van der Waals surface area contributed by atoms with Crippen LogP contribution in [0.4, 0.5) is 0 Å². The molecule has 4 nitrogen and oxygen atoms in total. The third-order valence-corrected chi connectivity index (χ3v) is 3.70. The Morgan fingerprint density at radius 3 is 2.83 bits per heavy atom. The third-order valence-electron chi connectivity index (χ3n) is 1.90. The minimum atomic E-state index is -2.93. The van der Waals surface area contributed by atoms with Crippen molar-refractivity contribution in [2.75, 3.05) is 12.3 Å². The van der Waals surface area contributed by atoms with E-state index in [1.54, 1.807) is 18.4 Å². The Balaban J connectivity index is 2.06. The molecular weight excluding hydrogens is 178 g/mol. The molecule has 2 rings (SSSR count). The van der Waals surface area contributed by atoms with E-state index in [4.69, 9.17) is 4.42 Å². The van der Waals surface area contributed by atoms with Gasteiger partial charge in [-0.1, -0.05) is 0 Å². The zero-order valence-corrected chi connectivity index (χ0v) is 7.25. The van der Waals surface area contributed by atoms with Gasteiger partial charge in [0.25, 0.3) is 0 Å². The van der Waals surface area contributed by atoms with Crippen LogP contribution in [0.25, 0.3) is 0 Å². The van der Waals surface area contributed by atoms with Crippen LogP contribution in [0, 0.1) is 0 Å². The van der Waals surface area contributed by atoms with Crippen molar-refractivity contribution in [3.8, 4) is 0 Å². The van der Waals surface area contributed by atoms with Gasteiger partial charge in [0.05, 0.1) is 18.6 Å². The van der Waals surface area contributed by atoms with Crippen molar-refractivity contribution in [1.29, 1.82) is 0 Å². The first-order chi connectivity index (χ1) is 5.68. The summed E-state index contributed by atoms with van der Waals surface area (Å²) in [4.78, 5) is 0. The molecular formula is C7H9NO3S. The molecule has 0 saturated carbocycles. The van der Waals surface area contributed by atoms with Gasteiger partial charge >= 0.3 is 0 Å². The molecule has 5 heteroatoms. The average molecular weight is 187 g/mol. The summed E-state index contributed by atoms with van der Waals surface area (Å²) in [7, 11) is -2.93. The van der Waals surface area contributed by atoms with E-state index < -0.39 is 10.0 Å². The quantitative estimate of drug-likeness (QED) is 0.674. The van der Waals surface area contributed by atoms with Crippen molar-refractivity contribution in [2.45, 2.75) is 6.54 Å². The summed E-state index contributed by atoms with van der Waals surface area (Å²) in [6.07, 6.45) is 1.54. The second kappa shape index (κ2) is 2.60. The van der Waals surface area contributed by atoms with Crippen LogP contribution in [0.5, 0.6) is 0 Å². The second-order valence-corrected chi connectivity index (χ2v) is 4.82. The molecule has 0 aliphatic carbocycles. The van der Waals surface area contributed by atoms with Crippen LogP contribution >= 0.6 is 0 Å². The molecule has 0 atom stereocenters. The van der Waals surface area contributed by atoms with Crippen molar-refractivity contribution in [3.05, 3.63) is 24.2 Å². The van der Waals surface area contributed by atoms with Crippen LogP contribution in [-0.4, -0.2) is 25.0 Å². The van der Waals surface area contributed by atoms with Gasteiger partial charge < -0.3 is 4.42 Å². The van der Waals surface area contributed by atoms with Crippen molar-refractivity contribution >= 4 is 10.0 Å². The van der Waals surface area contributed by atoms with Crippen LogP contribution in [0.3, 0.4) is 0 Å². The Kier molecular flexibility index (Phi) is 1.69. The summed E-state index contributed by atoms with van der Waals surface area (Å²) in [5.41, 5.74) is 0. The van der Waals surface area contributed by atoms with Gasteiger partial charge in [-0.05, 0) is 12.1 Å². The lowest BCUT2D eigenvalue weighted by Crippen LogP contribution is -2.46. The smallest absolute Gasteiger partial charge is 0.215 e. The minimum Gasteiger partial charge on any atom is -0.468 e. The Hall–Kier alpha value is -0.810. The Morgan fingerprint density at radius 1 is 1.58 bits per heavy atom. The molecule has 1 aromatic heterocycles. The predicted molar refractivity (Wildman–Crippen MR) is 42.9 cm³/mol. The fourth-order valence-electron chi connectivity index (χ4n) is 1.12. The summed E-state index contributed by atoms with van der Waals surface area (Å²) in [6.45, 7) is 0.984. The van der Waals surface area contributed by atoms with Gasteiger partial charge in [0.1, 0.15) is 5.76 Å². The summed E-state index contributed by atoms with van der Waals surface area (Å²) >= 11 is 0. The average Bonchev–Trinajstić information content (AvgIpc) is 2.50. The largest absolute Gasteiger partial charge is 0.468 e. The highest BCUT2D eigenvalue weighted by atomic mass is 32.2. The SMILES string of the molecule is O=S1(=O)CCN1Cc1ccco1. The number of furan rings is 1. The van der Waals surface area contributed by atoms with Gasteiger partial charge in [0.2, 0.25) is 10.0 Å². The van der Waals surface area contributed by atoms with Crippen molar-refractivity contribution in [1.82, 2.24) is 4.31 Å². The second-order valence-electron chi connectivity index (χ2n) is 2.73. The monoisotopic (exact) mass is 187 g/mol. The van der Waals surface area contributed by atoms with Gasteiger partial charge in [-0.2, -0.15) is 4.31 Å². The molecule has 12 heavy (non-hydrogen) atoms. The molecule has 1 aromatic rings. The molecule has 0 aromatic carbocycles. The molecule has 1 aliphatic rings. The lowest BCUT2D eigenvalue weighted by Gasteiger charge is -2.29. The van der Waals surface area contributed by atoms with Gasteiger partial charge in [-0.25, -0.2) is 8.42 Å². The topological polar surface area (TPSA) is 50.5 Å².